The number of terminal acetylenes is 1. The van der Waals surface area contributed by atoms with Crippen molar-refractivity contribution in [3.63, 3.8) is 0 Å². The van der Waals surface area contributed by atoms with Gasteiger partial charge in [-0.3, -0.25) is 0 Å². The number of nitrogens with one attached hydrogen (secondary N) is 1. The Labute approximate surface area is 105 Å². The molecule has 2 rings (SSSR count). The SMILES string of the molecule is C#Cc1cccc(NC2C(C)CCCC2C)c1. The fraction of sp³-hybridized carbons (Fsp3) is 0.500. The van der Waals surface area contributed by atoms with Crippen molar-refractivity contribution < 1.29 is 0 Å². The van der Waals surface area contributed by atoms with Crippen molar-refractivity contribution in [2.45, 2.75) is 39.2 Å². The Kier molecular flexibility index (Phi) is 3.74. The summed E-state index contributed by atoms with van der Waals surface area (Å²) in [6.45, 7) is 4.69. The summed E-state index contributed by atoms with van der Waals surface area (Å²) in [4.78, 5) is 0. The topological polar surface area (TPSA) is 12.0 Å². The Morgan fingerprint density at radius 3 is 2.59 bits per heavy atom. The van der Waals surface area contributed by atoms with Gasteiger partial charge in [-0.05, 0) is 42.9 Å². The fourth-order valence-corrected chi connectivity index (χ4v) is 2.86. The molecule has 1 fully saturated rings. The summed E-state index contributed by atoms with van der Waals surface area (Å²) < 4.78 is 0. The van der Waals surface area contributed by atoms with Crippen molar-refractivity contribution in [1.82, 2.24) is 0 Å². The molecule has 0 spiro atoms. The van der Waals surface area contributed by atoms with Crippen LogP contribution in [-0.4, -0.2) is 6.04 Å². The molecule has 1 nitrogen and oxygen atoms in total. The van der Waals surface area contributed by atoms with E-state index >= 15 is 0 Å². The van der Waals surface area contributed by atoms with E-state index in [1.807, 2.05) is 12.1 Å². The van der Waals surface area contributed by atoms with Gasteiger partial charge in [0.25, 0.3) is 0 Å². The molecule has 0 radical (unpaired) electrons. The Morgan fingerprint density at radius 1 is 1.24 bits per heavy atom. The summed E-state index contributed by atoms with van der Waals surface area (Å²) in [5.74, 6) is 4.17. The summed E-state index contributed by atoms with van der Waals surface area (Å²) in [5.41, 5.74) is 2.11. The molecule has 1 saturated carbocycles. The Morgan fingerprint density at radius 2 is 1.94 bits per heavy atom. The average Bonchev–Trinajstić information content (AvgIpc) is 2.34. The maximum absolute atomic E-state index is 5.43. The highest BCUT2D eigenvalue weighted by molar-refractivity contribution is 5.50. The average molecular weight is 227 g/mol. The number of rotatable bonds is 2. The van der Waals surface area contributed by atoms with Crippen molar-refractivity contribution >= 4 is 5.69 Å². The summed E-state index contributed by atoms with van der Waals surface area (Å²) in [7, 11) is 0. The molecular weight excluding hydrogens is 206 g/mol. The van der Waals surface area contributed by atoms with Gasteiger partial charge in [0.2, 0.25) is 0 Å². The second-order valence-corrected chi connectivity index (χ2v) is 5.28. The standard InChI is InChI=1S/C16H21N/c1-4-14-9-6-10-15(11-14)17-16-12(2)7-5-8-13(16)3/h1,6,9-13,16-17H,5,7-8H2,2-3H3. The van der Waals surface area contributed by atoms with Crippen LogP contribution in [0.25, 0.3) is 0 Å². The molecule has 1 aliphatic carbocycles. The van der Waals surface area contributed by atoms with Gasteiger partial charge in [-0.25, -0.2) is 0 Å². The second-order valence-electron chi connectivity index (χ2n) is 5.28. The van der Waals surface area contributed by atoms with Crippen LogP contribution >= 0.6 is 0 Å². The lowest BCUT2D eigenvalue weighted by Crippen LogP contribution is -2.37. The van der Waals surface area contributed by atoms with Gasteiger partial charge in [0.15, 0.2) is 0 Å². The van der Waals surface area contributed by atoms with Crippen molar-refractivity contribution in [2.75, 3.05) is 5.32 Å². The van der Waals surface area contributed by atoms with E-state index in [1.54, 1.807) is 0 Å². The highest BCUT2D eigenvalue weighted by Gasteiger charge is 2.27. The summed E-state index contributed by atoms with van der Waals surface area (Å²) in [5, 5.41) is 3.66. The maximum atomic E-state index is 5.43. The molecule has 2 atom stereocenters. The van der Waals surface area contributed by atoms with Gasteiger partial charge >= 0.3 is 0 Å². The minimum Gasteiger partial charge on any atom is -0.382 e. The molecule has 0 saturated heterocycles. The molecule has 1 aliphatic rings. The van der Waals surface area contributed by atoms with Crippen LogP contribution in [0.4, 0.5) is 5.69 Å². The van der Waals surface area contributed by atoms with E-state index in [0.717, 1.165) is 23.1 Å². The molecule has 0 heterocycles. The minimum atomic E-state index is 0.580. The quantitative estimate of drug-likeness (QED) is 0.755. The second kappa shape index (κ2) is 5.27. The zero-order chi connectivity index (χ0) is 12.3. The van der Waals surface area contributed by atoms with E-state index in [1.165, 1.54) is 19.3 Å². The lowest BCUT2D eigenvalue weighted by molar-refractivity contribution is 0.268. The number of hydrogen-bond donors (Lipinski definition) is 1. The first-order valence-electron chi connectivity index (χ1n) is 6.54. The monoisotopic (exact) mass is 227 g/mol. The largest absolute Gasteiger partial charge is 0.382 e. The third-order valence-electron chi connectivity index (χ3n) is 3.91. The number of benzene rings is 1. The molecule has 0 aliphatic heterocycles. The number of hydrogen-bond acceptors (Lipinski definition) is 1. The van der Waals surface area contributed by atoms with Gasteiger partial charge in [0, 0.05) is 17.3 Å². The zero-order valence-corrected chi connectivity index (χ0v) is 10.7. The highest BCUT2D eigenvalue weighted by atomic mass is 14.9. The van der Waals surface area contributed by atoms with Crippen LogP contribution in [-0.2, 0) is 0 Å². The van der Waals surface area contributed by atoms with E-state index < -0.39 is 0 Å². The summed E-state index contributed by atoms with van der Waals surface area (Å²) >= 11 is 0. The first-order valence-corrected chi connectivity index (χ1v) is 6.54. The smallest absolute Gasteiger partial charge is 0.0355 e. The molecule has 0 bridgehead atoms. The molecule has 1 aromatic carbocycles. The summed E-state index contributed by atoms with van der Waals surface area (Å²) in [6, 6.07) is 8.74. The van der Waals surface area contributed by atoms with Gasteiger partial charge in [-0.15, -0.1) is 6.42 Å². The zero-order valence-electron chi connectivity index (χ0n) is 10.7. The third-order valence-corrected chi connectivity index (χ3v) is 3.91. The Bertz CT molecular complexity index is 406. The molecule has 0 amide bonds. The van der Waals surface area contributed by atoms with E-state index in [4.69, 9.17) is 6.42 Å². The van der Waals surface area contributed by atoms with Gasteiger partial charge in [-0.2, -0.15) is 0 Å². The van der Waals surface area contributed by atoms with Crippen molar-refractivity contribution in [1.29, 1.82) is 0 Å². The Balaban J connectivity index is 2.11. The predicted molar refractivity (Wildman–Crippen MR) is 74.0 cm³/mol. The molecule has 2 unspecified atom stereocenters. The van der Waals surface area contributed by atoms with Crippen LogP contribution in [0.5, 0.6) is 0 Å². The lowest BCUT2D eigenvalue weighted by atomic mass is 9.78. The molecule has 0 aromatic heterocycles. The van der Waals surface area contributed by atoms with Crippen LogP contribution in [0, 0.1) is 24.2 Å². The molecule has 1 heteroatoms. The normalized spacial score (nSPS) is 28.4. The molecule has 90 valence electrons. The molecule has 17 heavy (non-hydrogen) atoms. The van der Waals surface area contributed by atoms with Crippen molar-refractivity contribution in [2.24, 2.45) is 11.8 Å². The molecule has 1 aromatic rings. The van der Waals surface area contributed by atoms with E-state index in [2.05, 4.69) is 37.2 Å². The van der Waals surface area contributed by atoms with Gasteiger partial charge in [-0.1, -0.05) is 32.3 Å². The van der Waals surface area contributed by atoms with Gasteiger partial charge in [0.05, 0.1) is 0 Å². The van der Waals surface area contributed by atoms with Gasteiger partial charge in [0.1, 0.15) is 0 Å². The Hall–Kier alpha value is -1.42. The van der Waals surface area contributed by atoms with Crippen LogP contribution in [0.2, 0.25) is 0 Å². The van der Waals surface area contributed by atoms with Crippen LogP contribution in [0.1, 0.15) is 38.7 Å². The molecule has 1 N–H and O–H groups in total. The van der Waals surface area contributed by atoms with Crippen LogP contribution < -0.4 is 5.32 Å². The van der Waals surface area contributed by atoms with Crippen molar-refractivity contribution in [3.05, 3.63) is 29.8 Å². The molecular formula is C16H21N. The van der Waals surface area contributed by atoms with E-state index in [-0.39, 0.29) is 0 Å². The highest BCUT2D eigenvalue weighted by Crippen LogP contribution is 2.31. The maximum Gasteiger partial charge on any atom is 0.0355 e. The first-order chi connectivity index (χ1) is 8.20. The predicted octanol–water partition coefficient (Wildman–Crippen LogP) is 3.90. The van der Waals surface area contributed by atoms with Crippen LogP contribution in [0.15, 0.2) is 24.3 Å². The fourth-order valence-electron chi connectivity index (χ4n) is 2.86. The van der Waals surface area contributed by atoms with E-state index in [9.17, 15) is 0 Å². The lowest BCUT2D eigenvalue weighted by Gasteiger charge is -2.36. The first kappa shape index (κ1) is 12.0. The minimum absolute atomic E-state index is 0.580. The van der Waals surface area contributed by atoms with Crippen LogP contribution in [0.3, 0.4) is 0 Å². The van der Waals surface area contributed by atoms with Gasteiger partial charge < -0.3 is 5.32 Å². The number of anilines is 1. The summed E-state index contributed by atoms with van der Waals surface area (Å²) in [6.07, 6.45) is 9.46. The van der Waals surface area contributed by atoms with Crippen molar-refractivity contribution in [3.8, 4) is 12.3 Å². The third kappa shape index (κ3) is 2.82. The van der Waals surface area contributed by atoms with E-state index in [0.29, 0.717) is 6.04 Å².